The van der Waals surface area contributed by atoms with Crippen molar-refractivity contribution in [3.63, 3.8) is 0 Å². The second-order valence-corrected chi connectivity index (χ2v) is 5.51. The first-order valence-corrected chi connectivity index (χ1v) is 7.56. The Morgan fingerprint density at radius 3 is 2.68 bits per heavy atom. The number of nitrogens with one attached hydrogen (secondary N) is 1. The van der Waals surface area contributed by atoms with E-state index in [1.54, 1.807) is 11.3 Å². The Hall–Kier alpha value is -2.41. The molecule has 0 spiro atoms. The van der Waals surface area contributed by atoms with Crippen LogP contribution in [0, 0.1) is 0 Å². The molecule has 0 fully saturated rings. The van der Waals surface area contributed by atoms with Gasteiger partial charge >= 0.3 is 5.97 Å². The van der Waals surface area contributed by atoms with E-state index in [9.17, 15) is 9.59 Å². The van der Waals surface area contributed by atoms with E-state index in [1.807, 2.05) is 24.4 Å². The number of ether oxygens (including phenoxy) is 1. The number of hydrogen-bond donors (Lipinski definition) is 2. The molecule has 1 atom stereocenters. The Kier molecular flexibility index (Phi) is 5.11. The summed E-state index contributed by atoms with van der Waals surface area (Å²) in [4.78, 5) is 28.3. The normalized spacial score (nSPS) is 11.7. The Morgan fingerprint density at radius 2 is 2.14 bits per heavy atom. The van der Waals surface area contributed by atoms with Gasteiger partial charge in [-0.3, -0.25) is 4.79 Å². The molecule has 7 heteroatoms. The summed E-state index contributed by atoms with van der Waals surface area (Å²) < 4.78 is 5.02. The average Bonchev–Trinajstić information content (AvgIpc) is 3.05. The maximum Gasteiger partial charge on any atom is 0.354 e. The zero-order chi connectivity index (χ0) is 16.1. The summed E-state index contributed by atoms with van der Waals surface area (Å²) >= 11 is 1.55. The van der Waals surface area contributed by atoms with Gasteiger partial charge in [-0.05, 0) is 17.9 Å². The Balaban J connectivity index is 2.25. The molecule has 0 radical (unpaired) electrons. The molecule has 1 amide bonds. The molecule has 0 aliphatic carbocycles. The van der Waals surface area contributed by atoms with E-state index in [0.717, 1.165) is 11.3 Å². The third-order valence-electron chi connectivity index (χ3n) is 3.09. The third-order valence-corrected chi connectivity index (χ3v) is 4.07. The van der Waals surface area contributed by atoms with Crippen LogP contribution in [-0.2, 0) is 0 Å². The maximum absolute atomic E-state index is 12.3. The molecule has 2 rings (SSSR count). The number of carbonyl (C=O) groups is 2. The number of hydrogen-bond acceptors (Lipinski definition) is 5. The number of carboxylic acids is 1. The number of carbonyl (C=O) groups excluding carboxylic acids is 1. The number of nitrogens with zero attached hydrogens (tertiary/aromatic N) is 1. The summed E-state index contributed by atoms with van der Waals surface area (Å²) in [6.45, 7) is 1.96. The molecule has 0 aromatic carbocycles. The lowest BCUT2D eigenvalue weighted by molar-refractivity contribution is 0.0690. The van der Waals surface area contributed by atoms with Crippen LogP contribution in [0.4, 0.5) is 0 Å². The molecule has 2 aromatic heterocycles. The van der Waals surface area contributed by atoms with Gasteiger partial charge in [0.2, 0.25) is 0 Å². The van der Waals surface area contributed by atoms with Gasteiger partial charge in [0, 0.05) is 17.0 Å². The number of aromatic carboxylic acids is 1. The lowest BCUT2D eigenvalue weighted by atomic mass is 10.1. The fraction of sp³-hybridized carbons (Fsp3) is 0.267. The molecule has 0 aliphatic rings. The van der Waals surface area contributed by atoms with Gasteiger partial charge in [0.15, 0.2) is 5.69 Å². The minimum Gasteiger partial charge on any atom is -0.497 e. The average molecular weight is 320 g/mol. The number of aromatic nitrogens is 1. The quantitative estimate of drug-likeness (QED) is 0.854. The van der Waals surface area contributed by atoms with Gasteiger partial charge in [-0.15, -0.1) is 11.3 Å². The van der Waals surface area contributed by atoms with E-state index < -0.39 is 11.9 Å². The van der Waals surface area contributed by atoms with Crippen molar-refractivity contribution in [2.75, 3.05) is 7.11 Å². The predicted octanol–water partition coefficient (Wildman–Crippen LogP) is 2.73. The topological polar surface area (TPSA) is 88.5 Å². The summed E-state index contributed by atoms with van der Waals surface area (Å²) in [7, 11) is 1.41. The molecule has 0 bridgehead atoms. The van der Waals surface area contributed by atoms with Crippen molar-refractivity contribution in [2.24, 2.45) is 0 Å². The van der Waals surface area contributed by atoms with Crippen molar-refractivity contribution in [2.45, 2.75) is 19.4 Å². The number of thiophene rings is 1. The smallest absolute Gasteiger partial charge is 0.354 e. The van der Waals surface area contributed by atoms with E-state index in [1.165, 1.54) is 19.2 Å². The van der Waals surface area contributed by atoms with E-state index >= 15 is 0 Å². The van der Waals surface area contributed by atoms with Crippen LogP contribution >= 0.6 is 11.3 Å². The van der Waals surface area contributed by atoms with Crippen LogP contribution in [0.1, 0.15) is 45.2 Å². The van der Waals surface area contributed by atoms with Gasteiger partial charge in [-0.1, -0.05) is 13.0 Å². The first-order valence-electron chi connectivity index (χ1n) is 6.68. The highest BCUT2D eigenvalue weighted by Crippen LogP contribution is 2.22. The van der Waals surface area contributed by atoms with E-state index in [2.05, 4.69) is 10.3 Å². The Labute approximate surface area is 131 Å². The second-order valence-electron chi connectivity index (χ2n) is 4.53. The van der Waals surface area contributed by atoms with Crippen LogP contribution < -0.4 is 10.1 Å². The zero-order valence-electron chi connectivity index (χ0n) is 12.2. The largest absolute Gasteiger partial charge is 0.497 e. The first-order chi connectivity index (χ1) is 10.5. The molecule has 0 saturated carbocycles. The highest BCUT2D eigenvalue weighted by Gasteiger charge is 2.18. The summed E-state index contributed by atoms with van der Waals surface area (Å²) in [5.41, 5.74) is -0.208. The van der Waals surface area contributed by atoms with Crippen molar-refractivity contribution in [1.29, 1.82) is 0 Å². The van der Waals surface area contributed by atoms with Crippen molar-refractivity contribution in [3.8, 4) is 5.75 Å². The van der Waals surface area contributed by atoms with Crippen molar-refractivity contribution in [3.05, 3.63) is 45.9 Å². The minimum atomic E-state index is -1.21. The molecule has 2 heterocycles. The summed E-state index contributed by atoms with van der Waals surface area (Å²) in [5, 5.41) is 13.8. The Bertz CT molecular complexity index is 670. The van der Waals surface area contributed by atoms with Crippen LogP contribution in [0.25, 0.3) is 0 Å². The minimum absolute atomic E-state index is 0.0201. The number of rotatable bonds is 6. The fourth-order valence-electron chi connectivity index (χ4n) is 1.95. The van der Waals surface area contributed by atoms with Crippen LogP contribution in [0.5, 0.6) is 5.75 Å². The highest BCUT2D eigenvalue weighted by molar-refractivity contribution is 7.10. The molecule has 2 N–H and O–H groups in total. The third kappa shape index (κ3) is 3.62. The second kappa shape index (κ2) is 7.04. The van der Waals surface area contributed by atoms with Gasteiger partial charge < -0.3 is 15.2 Å². The molecule has 1 unspecified atom stereocenters. The standard InChI is InChI=1S/C15H16N2O4S/c1-3-10(13-5-4-6-22-13)17-14(18)11-7-9(21-2)8-12(16-11)15(19)20/h4-8,10H,3H2,1-2H3,(H,17,18)(H,19,20). The fourth-order valence-corrected chi connectivity index (χ4v) is 2.81. The summed E-state index contributed by atoms with van der Waals surface area (Å²) in [6.07, 6.45) is 0.724. The molecule has 0 aliphatic heterocycles. The SMILES string of the molecule is CCC(NC(=O)c1cc(OC)cc(C(=O)O)n1)c1cccs1. The van der Waals surface area contributed by atoms with Crippen LogP contribution in [0.15, 0.2) is 29.6 Å². The van der Waals surface area contributed by atoms with Gasteiger partial charge in [0.25, 0.3) is 5.91 Å². The maximum atomic E-state index is 12.3. The van der Waals surface area contributed by atoms with Gasteiger partial charge in [0.05, 0.1) is 13.2 Å². The number of amides is 1. The lowest BCUT2D eigenvalue weighted by Crippen LogP contribution is -2.28. The van der Waals surface area contributed by atoms with Crippen LogP contribution in [-0.4, -0.2) is 29.1 Å². The molecule has 0 saturated heterocycles. The lowest BCUT2D eigenvalue weighted by Gasteiger charge is -2.15. The summed E-state index contributed by atoms with van der Waals surface area (Å²) in [5.74, 6) is -1.36. The van der Waals surface area contributed by atoms with Gasteiger partial charge in [0.1, 0.15) is 11.4 Å². The Morgan fingerprint density at radius 1 is 1.41 bits per heavy atom. The zero-order valence-corrected chi connectivity index (χ0v) is 13.0. The monoisotopic (exact) mass is 320 g/mol. The van der Waals surface area contributed by atoms with Crippen molar-refractivity contribution in [1.82, 2.24) is 10.3 Å². The highest BCUT2D eigenvalue weighted by atomic mass is 32.1. The number of methoxy groups -OCH3 is 1. The molecule has 6 nitrogen and oxygen atoms in total. The first kappa shape index (κ1) is 16.0. The van der Waals surface area contributed by atoms with Gasteiger partial charge in [-0.2, -0.15) is 0 Å². The van der Waals surface area contributed by atoms with Crippen LogP contribution in [0.3, 0.4) is 0 Å². The molecule has 116 valence electrons. The van der Waals surface area contributed by atoms with E-state index in [4.69, 9.17) is 9.84 Å². The van der Waals surface area contributed by atoms with Crippen molar-refractivity contribution >= 4 is 23.2 Å². The predicted molar refractivity (Wildman–Crippen MR) is 82.6 cm³/mol. The van der Waals surface area contributed by atoms with E-state index in [0.29, 0.717) is 0 Å². The van der Waals surface area contributed by atoms with E-state index in [-0.39, 0.29) is 23.2 Å². The number of carboxylic acid groups (broad SMARTS) is 1. The molecule has 2 aromatic rings. The molecular weight excluding hydrogens is 304 g/mol. The van der Waals surface area contributed by atoms with Gasteiger partial charge in [-0.25, -0.2) is 9.78 Å². The van der Waals surface area contributed by atoms with Crippen molar-refractivity contribution < 1.29 is 19.4 Å². The van der Waals surface area contributed by atoms with Crippen LogP contribution in [0.2, 0.25) is 0 Å². The molecular formula is C15H16N2O4S. The summed E-state index contributed by atoms with van der Waals surface area (Å²) in [6, 6.07) is 6.43. The molecule has 22 heavy (non-hydrogen) atoms. The number of pyridine rings is 1.